The minimum atomic E-state index is -4.50. The molecule has 9 heteroatoms. The minimum absolute atomic E-state index is 0.0333. The molecule has 128 valence electrons. The predicted molar refractivity (Wildman–Crippen MR) is 83.6 cm³/mol. The van der Waals surface area contributed by atoms with E-state index in [0.717, 1.165) is 6.07 Å². The number of nitrogens with zero attached hydrogens (tertiary/aromatic N) is 3. The summed E-state index contributed by atoms with van der Waals surface area (Å²) < 4.78 is 40.0. The Labute approximate surface area is 140 Å². The average molecular weight is 359 g/mol. The molecule has 0 unspecified atom stereocenters. The molecule has 0 spiro atoms. The molecule has 1 fully saturated rings. The topological polar surface area (TPSA) is 75.3 Å². The van der Waals surface area contributed by atoms with Crippen molar-refractivity contribution in [2.75, 3.05) is 17.2 Å². The highest BCUT2D eigenvalue weighted by atomic mass is 35.5. The zero-order chi connectivity index (χ0) is 17.5. The highest BCUT2D eigenvalue weighted by Gasteiger charge is 2.40. The van der Waals surface area contributed by atoms with Gasteiger partial charge in [0.25, 0.3) is 0 Å². The number of nitrogens with two attached hydrogens (primary N) is 1. The average Bonchev–Trinajstić information content (AvgIpc) is 2.91. The zero-order valence-corrected chi connectivity index (χ0v) is 13.1. The van der Waals surface area contributed by atoms with Crippen LogP contribution in [0.2, 0.25) is 5.02 Å². The summed E-state index contributed by atoms with van der Waals surface area (Å²) in [6.07, 6.45) is -3.98. The summed E-state index contributed by atoms with van der Waals surface area (Å²) in [4.78, 5) is 9.32. The van der Waals surface area contributed by atoms with Crippen LogP contribution in [-0.2, 0) is 6.18 Å². The lowest BCUT2D eigenvalue weighted by atomic mass is 9.97. The Morgan fingerprint density at radius 3 is 2.67 bits per heavy atom. The summed E-state index contributed by atoms with van der Waals surface area (Å²) in [5.74, 6) is 0.244. The van der Waals surface area contributed by atoms with Gasteiger partial charge in [-0.3, -0.25) is 0 Å². The van der Waals surface area contributed by atoms with Gasteiger partial charge in [-0.05, 0) is 18.1 Å². The highest BCUT2D eigenvalue weighted by Crippen LogP contribution is 2.43. The van der Waals surface area contributed by atoms with Gasteiger partial charge in [0.1, 0.15) is 17.2 Å². The molecule has 0 radical (unpaired) electrons. The van der Waals surface area contributed by atoms with Crippen LogP contribution in [0.5, 0.6) is 0 Å². The first-order valence-electron chi connectivity index (χ1n) is 7.16. The van der Waals surface area contributed by atoms with Crippen molar-refractivity contribution in [3.05, 3.63) is 46.7 Å². The Balaban J connectivity index is 2.09. The van der Waals surface area contributed by atoms with Crippen LogP contribution in [-0.4, -0.2) is 27.7 Å². The second-order valence-electron chi connectivity index (χ2n) is 5.54. The molecule has 3 rings (SSSR count). The van der Waals surface area contributed by atoms with E-state index in [2.05, 4.69) is 9.97 Å². The van der Waals surface area contributed by atoms with E-state index in [-0.39, 0.29) is 35.2 Å². The molecule has 0 bridgehead atoms. The maximum absolute atomic E-state index is 13.3. The maximum Gasteiger partial charge on any atom is 0.416 e. The third-order valence-electron chi connectivity index (χ3n) is 3.97. The number of aromatic nitrogens is 2. The molecule has 0 amide bonds. The summed E-state index contributed by atoms with van der Waals surface area (Å²) >= 11 is 6.11. The molecule has 0 saturated carbocycles. The van der Waals surface area contributed by atoms with Crippen LogP contribution in [0.4, 0.5) is 24.8 Å². The first-order chi connectivity index (χ1) is 11.3. The molecule has 0 aliphatic carbocycles. The lowest BCUT2D eigenvalue weighted by Crippen LogP contribution is -2.27. The molecule has 24 heavy (non-hydrogen) atoms. The lowest BCUT2D eigenvalue weighted by Gasteiger charge is -2.28. The van der Waals surface area contributed by atoms with E-state index < -0.39 is 23.9 Å². The molecule has 1 aromatic heterocycles. The molecule has 1 aromatic carbocycles. The number of hydrogen-bond donors (Lipinski definition) is 2. The van der Waals surface area contributed by atoms with Crippen LogP contribution in [0.25, 0.3) is 0 Å². The SMILES string of the molecule is Nc1ncnc(N2C[C@@H](O)C[C@@H]2c2ccccc2C(F)(F)F)c1Cl. The van der Waals surface area contributed by atoms with Gasteiger partial charge in [0.15, 0.2) is 5.82 Å². The van der Waals surface area contributed by atoms with Crippen molar-refractivity contribution in [3.8, 4) is 0 Å². The summed E-state index contributed by atoms with van der Waals surface area (Å²) in [6.45, 7) is 0.104. The fourth-order valence-corrected chi connectivity index (χ4v) is 3.17. The molecule has 1 aliphatic rings. The van der Waals surface area contributed by atoms with Gasteiger partial charge in [0.05, 0.1) is 17.7 Å². The monoisotopic (exact) mass is 358 g/mol. The van der Waals surface area contributed by atoms with E-state index in [1.807, 2.05) is 0 Å². The van der Waals surface area contributed by atoms with Gasteiger partial charge in [0, 0.05) is 6.54 Å². The summed E-state index contributed by atoms with van der Waals surface area (Å²) in [5.41, 5.74) is 4.98. The Morgan fingerprint density at radius 2 is 1.96 bits per heavy atom. The van der Waals surface area contributed by atoms with Gasteiger partial charge in [-0.15, -0.1) is 0 Å². The molecule has 5 nitrogen and oxygen atoms in total. The number of aliphatic hydroxyl groups excluding tert-OH is 1. The number of hydrogen-bond acceptors (Lipinski definition) is 5. The normalized spacial score (nSPS) is 21.3. The van der Waals surface area contributed by atoms with Crippen molar-refractivity contribution in [1.29, 1.82) is 0 Å². The predicted octanol–water partition coefficient (Wildman–Crippen LogP) is 3.04. The van der Waals surface area contributed by atoms with Crippen LogP contribution in [0.3, 0.4) is 0 Å². The van der Waals surface area contributed by atoms with Crippen molar-refractivity contribution in [3.63, 3.8) is 0 Å². The number of alkyl halides is 3. The summed E-state index contributed by atoms with van der Waals surface area (Å²) in [6, 6.07) is 4.57. The standard InChI is InChI=1S/C15H14ClF3N4O/c16-12-13(20)21-7-22-14(12)23-6-8(24)5-11(23)9-3-1-2-4-10(9)15(17,18)19/h1-4,7-8,11,24H,5-6H2,(H2,20,21,22)/t8-,11+/m0/s1. The van der Waals surface area contributed by atoms with E-state index in [4.69, 9.17) is 17.3 Å². The fraction of sp³-hybridized carbons (Fsp3) is 0.333. The zero-order valence-electron chi connectivity index (χ0n) is 12.3. The fourth-order valence-electron chi connectivity index (χ4n) is 2.96. The first-order valence-corrected chi connectivity index (χ1v) is 7.53. The van der Waals surface area contributed by atoms with E-state index in [1.54, 1.807) is 0 Å². The van der Waals surface area contributed by atoms with Gasteiger partial charge < -0.3 is 15.7 Å². The van der Waals surface area contributed by atoms with Gasteiger partial charge in [0.2, 0.25) is 0 Å². The number of nitrogen functional groups attached to an aromatic ring is 1. The Kier molecular flexibility index (Phi) is 4.27. The van der Waals surface area contributed by atoms with E-state index in [9.17, 15) is 18.3 Å². The molecule has 3 N–H and O–H groups in total. The lowest BCUT2D eigenvalue weighted by molar-refractivity contribution is -0.138. The second kappa shape index (κ2) is 6.10. The molecule has 2 atom stereocenters. The molecular weight excluding hydrogens is 345 g/mol. The molecule has 1 saturated heterocycles. The quantitative estimate of drug-likeness (QED) is 0.863. The van der Waals surface area contributed by atoms with Gasteiger partial charge in [-0.25, -0.2) is 9.97 Å². The van der Waals surface area contributed by atoms with Crippen molar-refractivity contribution in [2.45, 2.75) is 24.7 Å². The number of aliphatic hydroxyl groups is 1. The number of anilines is 2. The van der Waals surface area contributed by atoms with Crippen LogP contribution in [0.15, 0.2) is 30.6 Å². The third kappa shape index (κ3) is 2.99. The van der Waals surface area contributed by atoms with E-state index in [1.165, 1.54) is 29.4 Å². The van der Waals surface area contributed by atoms with Gasteiger partial charge >= 0.3 is 6.18 Å². The van der Waals surface area contributed by atoms with Crippen molar-refractivity contribution < 1.29 is 18.3 Å². The molecule has 2 aromatic rings. The summed E-state index contributed by atoms with van der Waals surface area (Å²) in [7, 11) is 0. The number of halogens is 4. The maximum atomic E-state index is 13.3. The number of β-amino-alcohol motifs (C(OH)–C–C–N with tert-alkyl or cyclic N) is 1. The summed E-state index contributed by atoms with van der Waals surface area (Å²) in [5, 5.41) is 10.1. The first kappa shape index (κ1) is 16.8. The van der Waals surface area contributed by atoms with Gasteiger partial charge in [-0.2, -0.15) is 13.2 Å². The number of benzene rings is 1. The van der Waals surface area contributed by atoms with Crippen molar-refractivity contribution in [1.82, 2.24) is 9.97 Å². The van der Waals surface area contributed by atoms with Crippen LogP contribution in [0, 0.1) is 0 Å². The Hall–Kier alpha value is -2.06. The Morgan fingerprint density at radius 1 is 1.25 bits per heavy atom. The minimum Gasteiger partial charge on any atom is -0.391 e. The van der Waals surface area contributed by atoms with Gasteiger partial charge in [-0.1, -0.05) is 29.8 Å². The van der Waals surface area contributed by atoms with Crippen LogP contribution in [0.1, 0.15) is 23.6 Å². The van der Waals surface area contributed by atoms with Crippen molar-refractivity contribution in [2.24, 2.45) is 0 Å². The number of rotatable bonds is 2. The largest absolute Gasteiger partial charge is 0.416 e. The van der Waals surface area contributed by atoms with E-state index in [0.29, 0.717) is 0 Å². The third-order valence-corrected chi connectivity index (χ3v) is 4.34. The molecular formula is C15H14ClF3N4O. The smallest absolute Gasteiger partial charge is 0.391 e. The van der Waals surface area contributed by atoms with Crippen LogP contribution < -0.4 is 10.6 Å². The van der Waals surface area contributed by atoms with E-state index >= 15 is 0 Å². The highest BCUT2D eigenvalue weighted by molar-refractivity contribution is 6.35. The van der Waals surface area contributed by atoms with Crippen molar-refractivity contribution >= 4 is 23.2 Å². The molecule has 1 aliphatic heterocycles. The van der Waals surface area contributed by atoms with Crippen LogP contribution >= 0.6 is 11.6 Å². The second-order valence-corrected chi connectivity index (χ2v) is 5.92. The Bertz CT molecular complexity index is 756. The molecule has 2 heterocycles.